The molecule has 5 saturated carbocycles. The van der Waals surface area contributed by atoms with Crippen LogP contribution in [-0.2, 0) is 15.9 Å². The molecule has 1 heterocycles. The highest BCUT2D eigenvalue weighted by Crippen LogP contribution is 2.89. The molecule has 14 atom stereocenters. The monoisotopic (exact) mass is 536 g/mol. The summed E-state index contributed by atoms with van der Waals surface area (Å²) in [6.07, 6.45) is 9.07. The van der Waals surface area contributed by atoms with Crippen LogP contribution in [0.3, 0.4) is 0 Å². The Morgan fingerprint density at radius 3 is 2.22 bits per heavy atom. The molecule has 212 valence electrons. The molecule has 3 N–H and O–H groups in total. The van der Waals surface area contributed by atoms with Crippen LogP contribution in [0.15, 0.2) is 0 Å². The first-order valence-corrected chi connectivity index (χ1v) is 16.7. The van der Waals surface area contributed by atoms with Gasteiger partial charge in [0.15, 0.2) is 5.25 Å². The van der Waals surface area contributed by atoms with Gasteiger partial charge in [-0.15, -0.1) is 0 Å². The van der Waals surface area contributed by atoms with E-state index in [0.717, 1.165) is 38.5 Å². The van der Waals surface area contributed by atoms with E-state index in [1.165, 1.54) is 12.8 Å². The van der Waals surface area contributed by atoms with Gasteiger partial charge < -0.3 is 24.6 Å². The van der Waals surface area contributed by atoms with Gasteiger partial charge in [-0.25, -0.2) is 0 Å². The van der Waals surface area contributed by atoms with Gasteiger partial charge in [-0.2, -0.15) is 0 Å². The van der Waals surface area contributed by atoms with E-state index < -0.39 is 28.1 Å². The number of aliphatic hydroxyl groups excluding tert-OH is 2. The molecule has 37 heavy (non-hydrogen) atoms. The number of rotatable bonds is 3. The lowest BCUT2D eigenvalue weighted by atomic mass is 9.41. The van der Waals surface area contributed by atoms with E-state index in [2.05, 4.69) is 34.6 Å². The SMILES string of the molecule is C[C@@H]1CC(C([S+](C)[O-])C(C)(C)O)OC2[C@H]1C1(C)CCC34CC35CCC(O)C(C)(C)[C@@H]5CCC4[C@]1(C)[C@H]2O. The summed E-state index contributed by atoms with van der Waals surface area (Å²) in [6, 6.07) is 0. The molecule has 6 heteroatoms. The zero-order valence-electron chi connectivity index (χ0n) is 24.4. The van der Waals surface area contributed by atoms with Crippen LogP contribution in [-0.4, -0.2) is 61.4 Å². The maximum absolute atomic E-state index is 12.8. The molecular weight excluding hydrogens is 484 g/mol. The van der Waals surface area contributed by atoms with Gasteiger partial charge >= 0.3 is 0 Å². The van der Waals surface area contributed by atoms with Crippen molar-refractivity contribution in [2.45, 2.75) is 135 Å². The number of aliphatic hydroxyl groups is 3. The molecule has 0 aromatic rings. The summed E-state index contributed by atoms with van der Waals surface area (Å²) in [5.74, 6) is 1.65. The zero-order chi connectivity index (χ0) is 27.1. The van der Waals surface area contributed by atoms with Crippen molar-refractivity contribution in [1.29, 1.82) is 0 Å². The largest absolute Gasteiger partial charge is 0.616 e. The predicted molar refractivity (Wildman–Crippen MR) is 146 cm³/mol. The Morgan fingerprint density at radius 2 is 1.59 bits per heavy atom. The van der Waals surface area contributed by atoms with Gasteiger partial charge in [-0.05, 0) is 122 Å². The Morgan fingerprint density at radius 1 is 0.973 bits per heavy atom. The molecule has 6 aliphatic rings. The van der Waals surface area contributed by atoms with Crippen molar-refractivity contribution in [3.63, 3.8) is 0 Å². The molecule has 1 aliphatic heterocycles. The zero-order valence-corrected chi connectivity index (χ0v) is 25.2. The van der Waals surface area contributed by atoms with Crippen molar-refractivity contribution in [3.05, 3.63) is 0 Å². The molecule has 5 aliphatic carbocycles. The summed E-state index contributed by atoms with van der Waals surface area (Å²) >= 11 is -1.23. The Kier molecular flexibility index (Phi) is 5.84. The molecule has 0 bridgehead atoms. The highest BCUT2D eigenvalue weighted by atomic mass is 32.2. The standard InChI is InChI=1S/C31H52O5S/c1-17-15-18(25(37(8)35)27(4,5)34)36-23-22(17)28(6)13-14-31-16-30(31)12-11-21(32)26(2,3)19(30)9-10-20(31)29(28,7)24(23)33/h17-25,32-34H,9-16H2,1-8H3/t17-,18?,19+,20?,21?,22+,23?,24+,25?,28?,29-,30?,31?,37?/m1/s1. The van der Waals surface area contributed by atoms with Crippen molar-refractivity contribution >= 4 is 11.2 Å². The fraction of sp³-hybridized carbons (Fsp3) is 1.00. The third-order valence-electron chi connectivity index (χ3n) is 14.2. The van der Waals surface area contributed by atoms with Gasteiger partial charge in [-0.1, -0.05) is 34.6 Å². The van der Waals surface area contributed by atoms with Crippen LogP contribution >= 0.6 is 0 Å². The number of hydrogen-bond acceptors (Lipinski definition) is 5. The summed E-state index contributed by atoms with van der Waals surface area (Å²) in [5.41, 5.74) is -0.761. The van der Waals surface area contributed by atoms with E-state index in [0.29, 0.717) is 28.6 Å². The molecule has 5 nitrogen and oxygen atoms in total. The van der Waals surface area contributed by atoms with Crippen molar-refractivity contribution in [3.8, 4) is 0 Å². The molecule has 0 radical (unpaired) electrons. The number of hydrogen-bond donors (Lipinski definition) is 3. The van der Waals surface area contributed by atoms with Crippen LogP contribution in [0.25, 0.3) is 0 Å². The van der Waals surface area contributed by atoms with Crippen molar-refractivity contribution in [1.82, 2.24) is 0 Å². The van der Waals surface area contributed by atoms with Crippen LogP contribution in [0.4, 0.5) is 0 Å². The van der Waals surface area contributed by atoms with E-state index in [9.17, 15) is 19.9 Å². The average Bonchev–Trinajstić information content (AvgIpc) is 3.40. The summed E-state index contributed by atoms with van der Waals surface area (Å²) in [6.45, 7) is 15.2. The molecule has 0 aromatic heterocycles. The summed E-state index contributed by atoms with van der Waals surface area (Å²) in [7, 11) is 0. The fourth-order valence-corrected chi connectivity index (χ4v) is 14.0. The van der Waals surface area contributed by atoms with Crippen LogP contribution in [0.1, 0.15) is 99.8 Å². The van der Waals surface area contributed by atoms with E-state index in [-0.39, 0.29) is 40.5 Å². The van der Waals surface area contributed by atoms with E-state index in [1.54, 1.807) is 20.1 Å². The molecule has 0 aromatic carbocycles. The lowest BCUT2D eigenvalue weighted by Crippen LogP contribution is -2.59. The second-order valence-corrected chi connectivity index (χ2v) is 17.6. The molecule has 6 rings (SSSR count). The maximum atomic E-state index is 12.8. The number of fused-ring (bicyclic) bond motifs is 4. The third-order valence-corrected chi connectivity index (χ3v) is 15.8. The Labute approximate surface area is 227 Å². The quantitative estimate of drug-likeness (QED) is 0.456. The summed E-state index contributed by atoms with van der Waals surface area (Å²) in [4.78, 5) is 0. The van der Waals surface area contributed by atoms with Crippen molar-refractivity contribution in [2.75, 3.05) is 6.26 Å². The molecule has 0 amide bonds. The molecule has 9 unspecified atom stereocenters. The van der Waals surface area contributed by atoms with Crippen LogP contribution < -0.4 is 0 Å². The second-order valence-electron chi connectivity index (χ2n) is 16.1. The smallest absolute Gasteiger partial charge is 0.169 e. The van der Waals surface area contributed by atoms with Gasteiger partial charge in [0.25, 0.3) is 0 Å². The van der Waals surface area contributed by atoms with Crippen molar-refractivity contribution in [2.24, 2.45) is 50.7 Å². The number of ether oxygens (including phenoxy) is 1. The highest BCUT2D eigenvalue weighted by Gasteiger charge is 2.84. The molecular formula is C31H52O5S. The molecule has 2 spiro atoms. The highest BCUT2D eigenvalue weighted by molar-refractivity contribution is 7.91. The Bertz CT molecular complexity index is 946. The first-order valence-electron chi connectivity index (χ1n) is 15.1. The Balaban J connectivity index is 1.36. The van der Waals surface area contributed by atoms with Gasteiger partial charge in [0, 0.05) is 5.41 Å². The minimum Gasteiger partial charge on any atom is -0.616 e. The fourth-order valence-electron chi connectivity index (χ4n) is 12.6. The van der Waals surface area contributed by atoms with Crippen LogP contribution in [0, 0.1) is 50.7 Å². The average molecular weight is 537 g/mol. The lowest BCUT2D eigenvalue weighted by Gasteiger charge is -2.63. The van der Waals surface area contributed by atoms with Gasteiger partial charge in [-0.3, -0.25) is 0 Å². The van der Waals surface area contributed by atoms with Gasteiger partial charge in [0.05, 0.1) is 24.6 Å². The minimum atomic E-state index is -1.23. The van der Waals surface area contributed by atoms with E-state index in [4.69, 9.17) is 4.74 Å². The van der Waals surface area contributed by atoms with E-state index in [1.807, 2.05) is 0 Å². The predicted octanol–water partition coefficient (Wildman–Crippen LogP) is 4.68. The molecule has 6 fully saturated rings. The normalized spacial score (nSPS) is 57.7. The lowest BCUT2D eigenvalue weighted by molar-refractivity contribution is -0.182. The van der Waals surface area contributed by atoms with Gasteiger partial charge in [0.1, 0.15) is 11.7 Å². The third kappa shape index (κ3) is 3.13. The summed E-state index contributed by atoms with van der Waals surface area (Å²) < 4.78 is 19.6. The molecule has 1 saturated heterocycles. The summed E-state index contributed by atoms with van der Waals surface area (Å²) in [5, 5.41) is 33.7. The first kappa shape index (κ1) is 27.3. The van der Waals surface area contributed by atoms with Crippen LogP contribution in [0.5, 0.6) is 0 Å². The Hall–Kier alpha value is 0.150. The van der Waals surface area contributed by atoms with Gasteiger partial charge in [0.2, 0.25) is 0 Å². The maximum Gasteiger partial charge on any atom is 0.169 e. The first-order chi connectivity index (χ1) is 17.0. The minimum absolute atomic E-state index is 0.00665. The van der Waals surface area contributed by atoms with Crippen LogP contribution in [0.2, 0.25) is 0 Å². The topological polar surface area (TPSA) is 93.0 Å². The van der Waals surface area contributed by atoms with E-state index >= 15 is 0 Å². The second kappa shape index (κ2) is 7.91. The van der Waals surface area contributed by atoms with Crippen molar-refractivity contribution < 1.29 is 24.6 Å².